The first kappa shape index (κ1) is 18.1. The number of nitrogens with zero attached hydrogens (tertiary/aromatic N) is 4. The summed E-state index contributed by atoms with van der Waals surface area (Å²) in [6.45, 7) is 13.8. The van der Waals surface area contributed by atoms with Crippen molar-refractivity contribution in [3.05, 3.63) is 43.0 Å². The summed E-state index contributed by atoms with van der Waals surface area (Å²) < 4.78 is 1.88. The molecule has 4 nitrogen and oxygen atoms in total. The number of aromatic nitrogens is 3. The zero-order chi connectivity index (χ0) is 15.5. The lowest BCUT2D eigenvalue weighted by atomic mass is 10.4. The van der Waals surface area contributed by atoms with Crippen LogP contribution in [0.5, 0.6) is 0 Å². The van der Waals surface area contributed by atoms with E-state index < -0.39 is 0 Å². The van der Waals surface area contributed by atoms with Gasteiger partial charge in [0.1, 0.15) is 5.82 Å². The molecule has 20 heavy (non-hydrogen) atoms. The van der Waals surface area contributed by atoms with Gasteiger partial charge in [-0.2, -0.15) is 4.98 Å². The minimum atomic E-state index is 0.239. The summed E-state index contributed by atoms with van der Waals surface area (Å²) in [6.07, 6.45) is 7.25. The van der Waals surface area contributed by atoms with Crippen LogP contribution in [0.25, 0.3) is 16.9 Å². The van der Waals surface area contributed by atoms with E-state index in [1.807, 2.05) is 50.6 Å². The third-order valence-electron chi connectivity index (χ3n) is 2.16. The summed E-state index contributed by atoms with van der Waals surface area (Å²) in [5.74, 6) is 0.812. The van der Waals surface area contributed by atoms with Crippen LogP contribution < -0.4 is 0 Å². The first-order valence-corrected chi connectivity index (χ1v) is 6.79. The predicted molar refractivity (Wildman–Crippen MR) is 89.3 cm³/mol. The summed E-state index contributed by atoms with van der Waals surface area (Å²) in [6, 6.07) is 1.93. The Labute approximate surface area is 125 Å². The van der Waals surface area contributed by atoms with E-state index >= 15 is 0 Å². The van der Waals surface area contributed by atoms with E-state index in [1.165, 1.54) is 0 Å². The Hall–Kier alpha value is -1.94. The average Bonchev–Trinajstić information content (AvgIpc) is 2.92. The van der Waals surface area contributed by atoms with Crippen molar-refractivity contribution in [2.75, 3.05) is 0 Å². The van der Waals surface area contributed by atoms with Gasteiger partial charge in [-0.1, -0.05) is 13.8 Å². The molecule has 0 amide bonds. The number of hydrogen-bond acceptors (Lipinski definition) is 3. The highest BCUT2D eigenvalue weighted by atomic mass is 35.5. The summed E-state index contributed by atoms with van der Waals surface area (Å²) in [4.78, 5) is 12.4. The van der Waals surface area contributed by atoms with Crippen LogP contribution in [0.15, 0.2) is 42.7 Å². The SMILES string of the molecule is C/C=N\C(=C/C)n1ccc2cnc(Cl)nc21.C=C.CC. The van der Waals surface area contributed by atoms with Gasteiger partial charge in [-0.05, 0) is 37.6 Å². The number of halogens is 1. The van der Waals surface area contributed by atoms with Gasteiger partial charge in [0, 0.05) is 24.0 Å². The molecule has 0 atom stereocenters. The van der Waals surface area contributed by atoms with Gasteiger partial charge in [0.15, 0.2) is 5.65 Å². The van der Waals surface area contributed by atoms with Gasteiger partial charge < -0.3 is 0 Å². The lowest BCUT2D eigenvalue weighted by Gasteiger charge is -2.03. The van der Waals surface area contributed by atoms with Crippen molar-refractivity contribution in [3.63, 3.8) is 0 Å². The molecule has 0 aliphatic carbocycles. The van der Waals surface area contributed by atoms with E-state index in [9.17, 15) is 0 Å². The van der Waals surface area contributed by atoms with E-state index in [2.05, 4.69) is 28.1 Å². The monoisotopic (exact) mass is 292 g/mol. The van der Waals surface area contributed by atoms with Crippen LogP contribution in [0, 0.1) is 0 Å². The average molecular weight is 293 g/mol. The normalized spacial score (nSPS) is 10.8. The van der Waals surface area contributed by atoms with Gasteiger partial charge in [0.2, 0.25) is 5.28 Å². The second kappa shape index (κ2) is 9.92. The van der Waals surface area contributed by atoms with Crippen molar-refractivity contribution in [1.29, 1.82) is 0 Å². The Kier molecular flexibility index (Phi) is 8.96. The van der Waals surface area contributed by atoms with Crippen LogP contribution >= 0.6 is 11.6 Å². The zero-order valence-electron chi connectivity index (χ0n) is 12.5. The van der Waals surface area contributed by atoms with E-state index in [4.69, 9.17) is 11.6 Å². The molecule has 0 spiro atoms. The van der Waals surface area contributed by atoms with E-state index in [-0.39, 0.29) is 5.28 Å². The summed E-state index contributed by atoms with van der Waals surface area (Å²) >= 11 is 5.78. The standard InChI is InChI=1S/C11H11ClN4.C2H6.C2H4/c1-3-9(13-4-2)16-6-5-8-7-14-11(12)15-10(8)16;2*1-2/h3-7H,1-2H3;1-2H3;1-2H2/b9-3+,13-4-;;. The molecule has 2 heterocycles. The molecule has 0 aliphatic rings. The van der Waals surface area contributed by atoms with E-state index in [0.29, 0.717) is 0 Å². The lowest BCUT2D eigenvalue weighted by molar-refractivity contribution is 1.07. The number of hydrogen-bond donors (Lipinski definition) is 0. The Morgan fingerprint density at radius 1 is 1.35 bits per heavy atom. The molecule has 0 bridgehead atoms. The highest BCUT2D eigenvalue weighted by Crippen LogP contribution is 2.19. The maximum Gasteiger partial charge on any atom is 0.224 e. The molecule has 2 rings (SSSR count). The second-order valence-corrected chi connectivity index (χ2v) is 3.48. The van der Waals surface area contributed by atoms with Crippen molar-refractivity contribution in [1.82, 2.24) is 14.5 Å². The molecular formula is C15H21ClN4. The number of rotatable bonds is 2. The fourth-order valence-corrected chi connectivity index (χ4v) is 1.62. The molecule has 0 saturated carbocycles. The fraction of sp³-hybridized carbons (Fsp3) is 0.267. The van der Waals surface area contributed by atoms with Gasteiger partial charge in [0.25, 0.3) is 0 Å². The van der Waals surface area contributed by atoms with Crippen molar-refractivity contribution >= 4 is 34.7 Å². The molecule has 0 saturated heterocycles. The third kappa shape index (κ3) is 4.31. The number of fused-ring (bicyclic) bond motifs is 1. The van der Waals surface area contributed by atoms with E-state index in [1.54, 1.807) is 12.4 Å². The molecule has 5 heteroatoms. The molecule has 2 aromatic heterocycles. The minimum absolute atomic E-state index is 0.239. The molecule has 2 aromatic rings. The second-order valence-electron chi connectivity index (χ2n) is 3.14. The Balaban J connectivity index is 0.000000829. The van der Waals surface area contributed by atoms with Crippen LogP contribution in [0.1, 0.15) is 27.7 Å². The van der Waals surface area contributed by atoms with Crippen molar-refractivity contribution in [2.24, 2.45) is 4.99 Å². The van der Waals surface area contributed by atoms with Gasteiger partial charge in [-0.15, -0.1) is 13.2 Å². The molecule has 0 aliphatic heterocycles. The van der Waals surface area contributed by atoms with Crippen LogP contribution in [-0.2, 0) is 0 Å². The van der Waals surface area contributed by atoms with Gasteiger partial charge >= 0.3 is 0 Å². The van der Waals surface area contributed by atoms with Crippen molar-refractivity contribution in [2.45, 2.75) is 27.7 Å². The molecule has 0 aromatic carbocycles. The summed E-state index contributed by atoms with van der Waals surface area (Å²) in [5, 5.41) is 1.18. The Morgan fingerprint density at radius 3 is 2.55 bits per heavy atom. The maximum atomic E-state index is 5.78. The summed E-state index contributed by atoms with van der Waals surface area (Å²) in [7, 11) is 0. The largest absolute Gasteiger partial charge is 0.286 e. The van der Waals surface area contributed by atoms with Crippen molar-refractivity contribution in [3.8, 4) is 0 Å². The van der Waals surface area contributed by atoms with Crippen LogP contribution in [0.2, 0.25) is 5.28 Å². The topological polar surface area (TPSA) is 43.1 Å². The fourth-order valence-electron chi connectivity index (χ4n) is 1.49. The Morgan fingerprint density at radius 2 is 2.00 bits per heavy atom. The maximum absolute atomic E-state index is 5.78. The molecule has 0 unspecified atom stereocenters. The van der Waals surface area contributed by atoms with Crippen LogP contribution in [0.3, 0.4) is 0 Å². The van der Waals surface area contributed by atoms with Crippen LogP contribution in [-0.4, -0.2) is 20.7 Å². The molecule has 0 N–H and O–H groups in total. The quantitative estimate of drug-likeness (QED) is 0.452. The number of allylic oxidation sites excluding steroid dienone is 1. The highest BCUT2D eigenvalue weighted by Gasteiger charge is 2.06. The molecule has 0 fully saturated rings. The molecular weight excluding hydrogens is 272 g/mol. The van der Waals surface area contributed by atoms with Crippen molar-refractivity contribution < 1.29 is 0 Å². The molecule has 0 radical (unpaired) electrons. The first-order valence-electron chi connectivity index (χ1n) is 6.41. The van der Waals surface area contributed by atoms with Gasteiger partial charge in [-0.25, -0.2) is 9.98 Å². The highest BCUT2D eigenvalue weighted by molar-refractivity contribution is 6.28. The predicted octanol–water partition coefficient (Wildman–Crippen LogP) is 4.82. The zero-order valence-corrected chi connectivity index (χ0v) is 13.2. The first-order chi connectivity index (χ1) is 9.76. The van der Waals surface area contributed by atoms with Crippen LogP contribution in [0.4, 0.5) is 0 Å². The minimum Gasteiger partial charge on any atom is -0.286 e. The lowest BCUT2D eigenvalue weighted by Crippen LogP contribution is -1.95. The van der Waals surface area contributed by atoms with E-state index in [0.717, 1.165) is 16.9 Å². The van der Waals surface area contributed by atoms with Gasteiger partial charge in [0.05, 0.1) is 0 Å². The Bertz CT molecular complexity index is 585. The molecule has 108 valence electrons. The third-order valence-corrected chi connectivity index (χ3v) is 2.35. The smallest absolute Gasteiger partial charge is 0.224 e. The van der Waals surface area contributed by atoms with Gasteiger partial charge in [-0.3, -0.25) is 4.57 Å². The number of aliphatic imine (C=N–C) groups is 1. The summed E-state index contributed by atoms with van der Waals surface area (Å²) in [5.41, 5.74) is 0.763.